The highest BCUT2D eigenvalue weighted by Crippen LogP contribution is 2.35. The van der Waals surface area contributed by atoms with Crippen LogP contribution < -0.4 is 10.2 Å². The topological polar surface area (TPSA) is 86.8 Å². The van der Waals surface area contributed by atoms with E-state index in [2.05, 4.69) is 5.32 Å². The molecule has 1 fully saturated rings. The van der Waals surface area contributed by atoms with Crippen LogP contribution in [0.15, 0.2) is 47.4 Å². The first-order valence-electron chi connectivity index (χ1n) is 9.75. The molecule has 1 atom stereocenters. The molecule has 2 aromatic rings. The summed E-state index contributed by atoms with van der Waals surface area (Å²) < 4.78 is 28.3. The fraction of sp³-hybridized carbons (Fsp3) is 0.333. The number of aryl methyl sites for hydroxylation is 1. The first-order valence-corrected chi connectivity index (χ1v) is 11.6. The van der Waals surface area contributed by atoms with Crippen molar-refractivity contribution in [2.45, 2.75) is 30.7 Å². The van der Waals surface area contributed by atoms with Crippen LogP contribution in [0.5, 0.6) is 0 Å². The van der Waals surface area contributed by atoms with Gasteiger partial charge in [0.15, 0.2) is 0 Å². The maximum Gasteiger partial charge on any atom is 0.244 e. The number of hydrogen-bond acceptors (Lipinski definition) is 4. The summed E-state index contributed by atoms with van der Waals surface area (Å²) in [4.78, 5) is 26.3. The first kappa shape index (κ1) is 20.8. The Bertz CT molecular complexity index is 1120. The van der Waals surface area contributed by atoms with Gasteiger partial charge >= 0.3 is 0 Å². The zero-order valence-electron chi connectivity index (χ0n) is 16.5. The number of amides is 2. The summed E-state index contributed by atoms with van der Waals surface area (Å²) in [5.41, 5.74) is 2.00. The Hall–Kier alpha value is -2.42. The summed E-state index contributed by atoms with van der Waals surface area (Å²) >= 11 is 6.29. The van der Waals surface area contributed by atoms with Gasteiger partial charge in [-0.25, -0.2) is 8.42 Å². The smallest absolute Gasteiger partial charge is 0.244 e. The van der Waals surface area contributed by atoms with Crippen molar-refractivity contribution in [3.63, 3.8) is 0 Å². The van der Waals surface area contributed by atoms with E-state index < -0.39 is 22.0 Å². The quantitative estimate of drug-likeness (QED) is 0.783. The molecule has 4 rings (SSSR count). The molecule has 2 aliphatic rings. The van der Waals surface area contributed by atoms with Crippen molar-refractivity contribution in [2.24, 2.45) is 0 Å². The number of hydrogen-bond donors (Lipinski definition) is 1. The zero-order valence-corrected chi connectivity index (χ0v) is 18.0. The fourth-order valence-electron chi connectivity index (χ4n) is 4.09. The largest absolute Gasteiger partial charge is 0.353 e. The molecule has 9 heteroatoms. The van der Waals surface area contributed by atoms with Gasteiger partial charge in [0.2, 0.25) is 21.8 Å². The van der Waals surface area contributed by atoms with Crippen molar-refractivity contribution in [1.82, 2.24) is 9.62 Å². The third-order valence-corrected chi connectivity index (χ3v) is 7.73. The van der Waals surface area contributed by atoms with Crippen LogP contribution in [0.1, 0.15) is 30.5 Å². The van der Waals surface area contributed by atoms with Crippen LogP contribution in [0.4, 0.5) is 5.69 Å². The van der Waals surface area contributed by atoms with Gasteiger partial charge in [0, 0.05) is 37.3 Å². The van der Waals surface area contributed by atoms with Crippen molar-refractivity contribution in [3.05, 3.63) is 58.6 Å². The second-order valence-corrected chi connectivity index (χ2v) is 9.69. The Morgan fingerprint density at radius 1 is 1.17 bits per heavy atom. The minimum Gasteiger partial charge on any atom is -0.353 e. The molecule has 158 valence electrons. The number of halogens is 1. The van der Waals surface area contributed by atoms with E-state index in [-0.39, 0.29) is 23.9 Å². The number of anilines is 1. The van der Waals surface area contributed by atoms with Crippen molar-refractivity contribution in [3.8, 4) is 0 Å². The van der Waals surface area contributed by atoms with E-state index in [9.17, 15) is 18.0 Å². The van der Waals surface area contributed by atoms with Gasteiger partial charge in [-0.05, 0) is 48.2 Å². The van der Waals surface area contributed by atoms with Gasteiger partial charge in [-0.15, -0.1) is 0 Å². The third kappa shape index (κ3) is 3.59. The van der Waals surface area contributed by atoms with Gasteiger partial charge in [0.25, 0.3) is 0 Å². The van der Waals surface area contributed by atoms with E-state index in [4.69, 9.17) is 11.6 Å². The number of fused-ring (bicyclic) bond motifs is 1. The van der Waals surface area contributed by atoms with Gasteiger partial charge in [-0.3, -0.25) is 9.59 Å². The van der Waals surface area contributed by atoms with Crippen LogP contribution in [0.2, 0.25) is 5.02 Å². The monoisotopic (exact) mass is 447 g/mol. The summed E-state index contributed by atoms with van der Waals surface area (Å²) in [7, 11) is -3.97. The molecule has 0 bridgehead atoms. The zero-order chi connectivity index (χ0) is 21.5. The Kier molecular flexibility index (Phi) is 5.57. The molecule has 0 radical (unpaired) electrons. The molecule has 2 aromatic carbocycles. The van der Waals surface area contributed by atoms with Gasteiger partial charge in [-0.2, -0.15) is 4.31 Å². The van der Waals surface area contributed by atoms with E-state index in [0.717, 1.165) is 17.7 Å². The molecule has 1 saturated heterocycles. The molecule has 1 N–H and O–H groups in total. The Morgan fingerprint density at radius 3 is 2.67 bits per heavy atom. The molecule has 0 saturated carbocycles. The standard InChI is InChI=1S/C21H22ClN3O4S/c1-14(26)24-11-4-5-15-13-16(8-9-19(15)24)30(28,29)25-12-10-23-21(27)20(25)17-6-2-3-7-18(17)22/h2-3,6-9,13,20H,4-5,10-12H2,1H3,(H,23,27). The maximum atomic E-state index is 13.6. The molecular formula is C21H22ClN3O4S. The molecule has 30 heavy (non-hydrogen) atoms. The average Bonchev–Trinajstić information content (AvgIpc) is 2.73. The van der Waals surface area contributed by atoms with Gasteiger partial charge < -0.3 is 10.2 Å². The number of piperazine rings is 1. The molecule has 0 spiro atoms. The highest BCUT2D eigenvalue weighted by atomic mass is 35.5. The average molecular weight is 448 g/mol. The summed E-state index contributed by atoms with van der Waals surface area (Å²) in [5, 5.41) is 3.07. The Balaban J connectivity index is 1.76. The van der Waals surface area contributed by atoms with Crippen molar-refractivity contribution in [2.75, 3.05) is 24.5 Å². The van der Waals surface area contributed by atoms with Crippen LogP contribution in [0, 0.1) is 0 Å². The summed E-state index contributed by atoms with van der Waals surface area (Å²) in [6, 6.07) is 10.5. The predicted molar refractivity (Wildman–Crippen MR) is 114 cm³/mol. The highest BCUT2D eigenvalue weighted by Gasteiger charge is 2.40. The number of carbonyl (C=O) groups is 2. The van der Waals surface area contributed by atoms with E-state index in [1.807, 2.05) is 0 Å². The molecule has 2 amide bonds. The molecule has 7 nitrogen and oxygen atoms in total. The van der Waals surface area contributed by atoms with E-state index in [1.54, 1.807) is 41.3 Å². The second-order valence-electron chi connectivity index (χ2n) is 7.40. The minimum atomic E-state index is -3.97. The fourth-order valence-corrected chi connectivity index (χ4v) is 5.95. The summed E-state index contributed by atoms with van der Waals surface area (Å²) in [5.74, 6) is -0.475. The van der Waals surface area contributed by atoms with Crippen molar-refractivity contribution in [1.29, 1.82) is 0 Å². The molecular weight excluding hydrogens is 426 g/mol. The lowest BCUT2D eigenvalue weighted by molar-refractivity contribution is -0.127. The number of carbonyl (C=O) groups excluding carboxylic acids is 2. The van der Waals surface area contributed by atoms with Crippen molar-refractivity contribution >= 4 is 39.1 Å². The lowest BCUT2D eigenvalue weighted by Crippen LogP contribution is -2.52. The third-order valence-electron chi connectivity index (χ3n) is 5.52. The molecule has 1 unspecified atom stereocenters. The number of sulfonamides is 1. The lowest BCUT2D eigenvalue weighted by Gasteiger charge is -2.35. The number of nitrogens with one attached hydrogen (secondary N) is 1. The predicted octanol–water partition coefficient (Wildman–Crippen LogP) is 2.50. The van der Waals surface area contributed by atoms with Crippen LogP contribution >= 0.6 is 11.6 Å². The number of nitrogens with zero attached hydrogens (tertiary/aromatic N) is 2. The van der Waals surface area contributed by atoms with E-state index in [0.29, 0.717) is 23.6 Å². The molecule has 0 aliphatic carbocycles. The first-order chi connectivity index (χ1) is 14.3. The van der Waals surface area contributed by atoms with E-state index >= 15 is 0 Å². The van der Waals surface area contributed by atoms with Gasteiger partial charge in [-0.1, -0.05) is 29.8 Å². The van der Waals surface area contributed by atoms with Crippen LogP contribution in [-0.2, 0) is 26.0 Å². The number of rotatable bonds is 3. The van der Waals surface area contributed by atoms with Gasteiger partial charge in [0.05, 0.1) is 4.90 Å². The Morgan fingerprint density at radius 2 is 1.93 bits per heavy atom. The van der Waals surface area contributed by atoms with Crippen molar-refractivity contribution < 1.29 is 18.0 Å². The second kappa shape index (κ2) is 8.02. The van der Waals surface area contributed by atoms with Gasteiger partial charge in [0.1, 0.15) is 6.04 Å². The molecule has 2 aliphatic heterocycles. The number of benzene rings is 2. The Labute approximate surface area is 180 Å². The summed E-state index contributed by atoms with van der Waals surface area (Å²) in [6.45, 7) is 2.48. The molecule has 2 heterocycles. The molecule has 0 aromatic heterocycles. The lowest BCUT2D eigenvalue weighted by atomic mass is 10.0. The minimum absolute atomic E-state index is 0.0713. The van der Waals surface area contributed by atoms with E-state index in [1.165, 1.54) is 17.3 Å². The van der Waals surface area contributed by atoms with Crippen LogP contribution in [-0.4, -0.2) is 44.2 Å². The van der Waals surface area contributed by atoms with Crippen LogP contribution in [0.3, 0.4) is 0 Å². The maximum absolute atomic E-state index is 13.6. The highest BCUT2D eigenvalue weighted by molar-refractivity contribution is 7.89. The normalized spacial score (nSPS) is 19.9. The van der Waals surface area contributed by atoms with Crippen LogP contribution in [0.25, 0.3) is 0 Å². The summed E-state index contributed by atoms with van der Waals surface area (Å²) in [6.07, 6.45) is 1.46. The SMILES string of the molecule is CC(=O)N1CCCc2cc(S(=O)(=O)N3CCNC(=O)C3c3ccccc3Cl)ccc21.